The van der Waals surface area contributed by atoms with E-state index in [1.54, 1.807) is 24.3 Å². The van der Waals surface area contributed by atoms with Crippen LogP contribution in [-0.2, 0) is 32.2 Å². The summed E-state index contributed by atoms with van der Waals surface area (Å²) < 4.78 is 71.1. The summed E-state index contributed by atoms with van der Waals surface area (Å²) >= 11 is 0.626. The van der Waals surface area contributed by atoms with Crippen LogP contribution in [0.5, 0.6) is 0 Å². The number of nitrogens with one attached hydrogen (secondary N) is 2. The van der Waals surface area contributed by atoms with E-state index in [9.17, 15) is 41.4 Å². The highest BCUT2D eigenvalue weighted by Gasteiger charge is 2.63. The van der Waals surface area contributed by atoms with Gasteiger partial charge in [0.1, 0.15) is 15.4 Å². The van der Waals surface area contributed by atoms with E-state index in [-0.39, 0.29) is 45.7 Å². The number of hydrogen-bond donors (Lipinski definition) is 4. The number of thiophene rings is 1. The van der Waals surface area contributed by atoms with Gasteiger partial charge in [-0.15, -0.1) is 11.3 Å². The molecule has 2 saturated carbocycles. The number of aromatic nitrogens is 1. The van der Waals surface area contributed by atoms with E-state index >= 15 is 0 Å². The maximum absolute atomic E-state index is 13.1. The van der Waals surface area contributed by atoms with Crippen molar-refractivity contribution < 1.29 is 45.9 Å². The molecule has 0 unspecified atom stereocenters. The SMILES string of the molecule is O=C(Cc1cccc([C@@H]2C[C@]2(NS(=O)(=O)c2ccc(-c3cc(C(F)(F)F)on3)s2)C(=O)O)c1)N[C@H]1CC[C@H](O)CC1. The highest BCUT2D eigenvalue weighted by molar-refractivity contribution is 7.91. The van der Waals surface area contributed by atoms with Crippen molar-refractivity contribution in [1.29, 1.82) is 0 Å². The number of halogens is 3. The Morgan fingerprint density at radius 1 is 1.12 bits per heavy atom. The molecule has 2 heterocycles. The van der Waals surface area contributed by atoms with Gasteiger partial charge in [0.2, 0.25) is 11.7 Å². The summed E-state index contributed by atoms with van der Waals surface area (Å²) in [5.41, 5.74) is -0.846. The summed E-state index contributed by atoms with van der Waals surface area (Å²) in [6, 6.07) is 9.80. The Labute approximate surface area is 236 Å². The van der Waals surface area contributed by atoms with Crippen LogP contribution in [0.4, 0.5) is 13.2 Å². The maximum atomic E-state index is 13.1. The predicted octanol–water partition coefficient (Wildman–Crippen LogP) is 3.67. The number of carbonyl (C=O) groups excluding carboxylic acids is 1. The number of carboxylic acid groups (broad SMARTS) is 1. The normalized spacial score (nSPS) is 24.6. The van der Waals surface area contributed by atoms with Gasteiger partial charge in [-0.1, -0.05) is 29.4 Å². The van der Waals surface area contributed by atoms with Crippen LogP contribution in [0.3, 0.4) is 0 Å². The summed E-state index contributed by atoms with van der Waals surface area (Å²) in [5.74, 6) is -3.62. The Morgan fingerprint density at radius 2 is 1.85 bits per heavy atom. The van der Waals surface area contributed by atoms with Crippen LogP contribution in [0.25, 0.3) is 10.6 Å². The molecule has 2 aromatic heterocycles. The minimum Gasteiger partial charge on any atom is -0.480 e. The number of amides is 1. The van der Waals surface area contributed by atoms with Crippen LogP contribution in [0, 0.1) is 0 Å². The molecular weight excluding hydrogens is 587 g/mol. The molecule has 3 aromatic rings. The van der Waals surface area contributed by atoms with Crippen LogP contribution >= 0.6 is 11.3 Å². The molecule has 2 aliphatic carbocycles. The molecule has 5 rings (SSSR count). The highest BCUT2D eigenvalue weighted by atomic mass is 32.2. The lowest BCUT2D eigenvalue weighted by Crippen LogP contribution is -2.44. The number of alkyl halides is 3. The molecule has 4 N–H and O–H groups in total. The largest absolute Gasteiger partial charge is 0.480 e. The molecule has 15 heteroatoms. The molecule has 0 radical (unpaired) electrons. The molecule has 2 aliphatic rings. The number of sulfonamides is 1. The van der Waals surface area contributed by atoms with Gasteiger partial charge in [-0.2, -0.15) is 17.9 Å². The fraction of sp³-hybridized carbons (Fsp3) is 0.423. The van der Waals surface area contributed by atoms with Crippen LogP contribution in [0.15, 0.2) is 51.2 Å². The lowest BCUT2D eigenvalue weighted by atomic mass is 9.93. The molecule has 1 aromatic carbocycles. The monoisotopic (exact) mass is 613 g/mol. The third-order valence-corrected chi connectivity index (χ3v) is 10.4. The zero-order valence-electron chi connectivity index (χ0n) is 21.3. The van der Waals surface area contributed by atoms with Gasteiger partial charge in [0, 0.05) is 18.0 Å². The van der Waals surface area contributed by atoms with Crippen molar-refractivity contribution >= 4 is 33.2 Å². The van der Waals surface area contributed by atoms with E-state index in [0.29, 0.717) is 54.2 Å². The van der Waals surface area contributed by atoms with Crippen LogP contribution < -0.4 is 10.0 Å². The predicted molar refractivity (Wildman–Crippen MR) is 139 cm³/mol. The third kappa shape index (κ3) is 6.32. The van der Waals surface area contributed by atoms with E-state index in [0.717, 1.165) is 6.07 Å². The quantitative estimate of drug-likeness (QED) is 0.285. The minimum atomic E-state index is -4.76. The topological polar surface area (TPSA) is 159 Å². The molecular formula is C26H26F3N3O7S2. The number of aliphatic hydroxyl groups is 1. The Hall–Kier alpha value is -3.27. The van der Waals surface area contributed by atoms with Crippen molar-refractivity contribution in [2.75, 3.05) is 0 Å². The van der Waals surface area contributed by atoms with E-state index in [1.165, 1.54) is 6.07 Å². The molecule has 0 aliphatic heterocycles. The van der Waals surface area contributed by atoms with Gasteiger partial charge in [0.05, 0.1) is 17.4 Å². The molecule has 0 spiro atoms. The Morgan fingerprint density at radius 3 is 2.51 bits per heavy atom. The number of aliphatic carboxylic acids is 1. The van der Waals surface area contributed by atoms with Crippen LogP contribution in [0.1, 0.15) is 54.9 Å². The number of aliphatic hydroxyl groups excluding tert-OH is 1. The number of nitrogens with zero attached hydrogens (tertiary/aromatic N) is 1. The zero-order valence-corrected chi connectivity index (χ0v) is 23.0. The first kappa shape index (κ1) is 29.2. The van der Waals surface area contributed by atoms with Gasteiger partial charge < -0.3 is 20.1 Å². The fourth-order valence-corrected chi connectivity index (χ4v) is 7.74. The fourth-order valence-electron chi connectivity index (χ4n) is 5.08. The summed E-state index contributed by atoms with van der Waals surface area (Å²) in [5, 5.41) is 25.9. The van der Waals surface area contributed by atoms with Gasteiger partial charge in [0.25, 0.3) is 10.0 Å². The summed E-state index contributed by atoms with van der Waals surface area (Å²) in [6.45, 7) is 0. The smallest absolute Gasteiger partial charge is 0.452 e. The van der Waals surface area contributed by atoms with E-state index in [4.69, 9.17) is 0 Å². The first-order valence-corrected chi connectivity index (χ1v) is 15.0. The number of benzene rings is 1. The average molecular weight is 614 g/mol. The first-order valence-electron chi connectivity index (χ1n) is 12.7. The summed E-state index contributed by atoms with van der Waals surface area (Å²) in [7, 11) is -4.37. The molecule has 220 valence electrons. The van der Waals surface area contributed by atoms with E-state index in [2.05, 4.69) is 19.7 Å². The second-order valence-corrected chi connectivity index (χ2v) is 13.3. The lowest BCUT2D eigenvalue weighted by Gasteiger charge is -2.26. The maximum Gasteiger partial charge on any atom is 0.452 e. The van der Waals surface area contributed by atoms with Crippen molar-refractivity contribution in [3.8, 4) is 10.6 Å². The molecule has 10 nitrogen and oxygen atoms in total. The molecule has 0 saturated heterocycles. The van der Waals surface area contributed by atoms with Crippen LogP contribution in [-0.4, -0.2) is 53.3 Å². The first-order chi connectivity index (χ1) is 19.3. The third-order valence-electron chi connectivity index (χ3n) is 7.33. The van der Waals surface area contributed by atoms with Crippen molar-refractivity contribution in [2.24, 2.45) is 0 Å². The summed E-state index contributed by atoms with van der Waals surface area (Å²) in [6.07, 6.45) is -2.44. The molecule has 0 bridgehead atoms. The molecule has 2 atom stereocenters. The Balaban J connectivity index is 1.27. The molecule has 41 heavy (non-hydrogen) atoms. The second-order valence-electron chi connectivity index (χ2n) is 10.3. The Kier molecular flexibility index (Phi) is 7.74. The number of carbonyl (C=O) groups is 2. The van der Waals surface area contributed by atoms with Crippen molar-refractivity contribution in [3.63, 3.8) is 0 Å². The van der Waals surface area contributed by atoms with Gasteiger partial charge >= 0.3 is 12.1 Å². The van der Waals surface area contributed by atoms with E-state index < -0.39 is 39.4 Å². The lowest BCUT2D eigenvalue weighted by molar-refractivity contribution is -0.155. The van der Waals surface area contributed by atoms with Crippen molar-refractivity contribution in [3.05, 3.63) is 59.4 Å². The number of rotatable bonds is 9. The average Bonchev–Trinajstić information content (AvgIpc) is 3.24. The van der Waals surface area contributed by atoms with Gasteiger partial charge in [-0.3, -0.25) is 9.59 Å². The van der Waals surface area contributed by atoms with Gasteiger partial charge in [-0.25, -0.2) is 8.42 Å². The number of hydrogen-bond acceptors (Lipinski definition) is 8. The van der Waals surface area contributed by atoms with Gasteiger partial charge in [-0.05, 0) is 55.4 Å². The van der Waals surface area contributed by atoms with Crippen molar-refractivity contribution in [2.45, 2.75) is 72.5 Å². The summed E-state index contributed by atoms with van der Waals surface area (Å²) in [4.78, 5) is 24.9. The molecule has 1 amide bonds. The van der Waals surface area contributed by atoms with Crippen LogP contribution in [0.2, 0.25) is 0 Å². The highest BCUT2D eigenvalue weighted by Crippen LogP contribution is 2.53. The molecule has 2 fully saturated rings. The standard InChI is InChI=1S/C26H26F3N3O7S2/c27-26(28,29)21-12-19(31-39-21)20-8-9-23(40-20)41(37,38)32-25(24(35)36)13-18(25)15-3-1-2-14(10-15)11-22(34)30-16-4-6-17(33)7-5-16/h1-3,8-10,12,16-18,32-33H,4-7,11,13H2,(H,30,34)(H,35,36)/t16-,17-,18-,25+/m0/s1. The van der Waals surface area contributed by atoms with Crippen molar-refractivity contribution in [1.82, 2.24) is 15.2 Å². The zero-order chi connectivity index (χ0) is 29.6. The second kappa shape index (κ2) is 10.9. The number of carboxylic acids is 1. The van der Waals surface area contributed by atoms with E-state index in [1.807, 2.05) is 0 Å². The Bertz CT molecular complexity index is 1560. The minimum absolute atomic E-state index is 0.0136. The van der Waals surface area contributed by atoms with Gasteiger partial charge in [0.15, 0.2) is 0 Å².